The number of quaternary nitrogens is 1. The molecule has 240 valence electrons. The van der Waals surface area contributed by atoms with E-state index in [0.29, 0.717) is 23.5 Å². The Bertz CT molecular complexity index is 1200. The summed E-state index contributed by atoms with van der Waals surface area (Å²) in [6, 6.07) is 9.31. The van der Waals surface area contributed by atoms with E-state index in [2.05, 4.69) is 61.9 Å². The first-order chi connectivity index (χ1) is 20.3. The summed E-state index contributed by atoms with van der Waals surface area (Å²) in [5.74, 6) is -2.75. The van der Waals surface area contributed by atoms with Crippen LogP contribution in [-0.2, 0) is 15.0 Å². The quantitative estimate of drug-likeness (QED) is 0.173. The summed E-state index contributed by atoms with van der Waals surface area (Å²) in [5.41, 5.74) is 2.32. The number of benzene rings is 1. The van der Waals surface area contributed by atoms with Crippen LogP contribution < -0.4 is 4.90 Å². The summed E-state index contributed by atoms with van der Waals surface area (Å²) in [4.78, 5) is 24.3. The molecule has 5 heterocycles. The molecule has 5 bridgehead atoms. The van der Waals surface area contributed by atoms with E-state index in [1.165, 1.54) is 11.3 Å². The first kappa shape index (κ1) is 32.1. The Morgan fingerprint density at radius 2 is 1.63 bits per heavy atom. The molecule has 12 heteroatoms. The van der Waals surface area contributed by atoms with Crippen LogP contribution in [0.15, 0.2) is 24.3 Å². The lowest BCUT2D eigenvalue weighted by Crippen LogP contribution is -2.84. The fraction of sp³-hybridized carbons (Fsp3) is 0.742. The second-order valence-electron chi connectivity index (χ2n) is 13.2. The van der Waals surface area contributed by atoms with E-state index in [1.807, 2.05) is 0 Å². The van der Waals surface area contributed by atoms with E-state index < -0.39 is 36.5 Å². The molecule has 7 N–H and O–H groups in total. The first-order valence-corrected chi connectivity index (χ1v) is 15.6. The van der Waals surface area contributed by atoms with Gasteiger partial charge in [0.15, 0.2) is 18.4 Å². The van der Waals surface area contributed by atoms with Crippen LogP contribution in [0.2, 0.25) is 0 Å². The molecule has 5 fully saturated rings. The number of carbonyl (C=O) groups is 2. The van der Waals surface area contributed by atoms with Gasteiger partial charge in [-0.3, -0.25) is 4.48 Å². The number of para-hydroxylation sites is 1. The Labute approximate surface area is 252 Å². The number of fused-ring (bicyclic) bond motifs is 2. The monoisotopic (exact) mass is 606 g/mol. The van der Waals surface area contributed by atoms with Gasteiger partial charge in [-0.05, 0) is 37.1 Å². The normalized spacial score (nSPS) is 40.0. The SMILES string of the molecule is CC[C@@H]1[C@@H](O)[N+]2(CC(O)CN(CC)CC)[C@H]3C[C@@]45c6ccccc6N(C)[C@H]4[C@@H]2C[C@H]1C3C5O.O=C(O)[C@@H](O)[C@H](O)C(=O)O. The second-order valence-corrected chi connectivity index (χ2v) is 13.2. The number of hydrogen-bond donors (Lipinski definition) is 7. The Balaban J connectivity index is 0.000000319. The van der Waals surface area contributed by atoms with E-state index in [-0.39, 0.29) is 41.5 Å². The van der Waals surface area contributed by atoms with Gasteiger partial charge in [-0.1, -0.05) is 39.0 Å². The van der Waals surface area contributed by atoms with Crippen LogP contribution in [0.1, 0.15) is 45.6 Å². The summed E-state index contributed by atoms with van der Waals surface area (Å²) in [6.45, 7) is 9.58. The molecule has 0 amide bonds. The summed E-state index contributed by atoms with van der Waals surface area (Å²) in [7, 11) is 2.19. The van der Waals surface area contributed by atoms with Crippen molar-refractivity contribution in [1.82, 2.24) is 4.90 Å². The largest absolute Gasteiger partial charge is 0.479 e. The number of carboxylic acids is 2. The van der Waals surface area contributed by atoms with Gasteiger partial charge in [-0.2, -0.15) is 0 Å². The maximum absolute atomic E-state index is 12.1. The topological polar surface area (TPSA) is 182 Å². The average molecular weight is 607 g/mol. The zero-order valence-corrected chi connectivity index (χ0v) is 25.4. The summed E-state index contributed by atoms with van der Waals surface area (Å²) in [6.07, 6.45) is -2.93. The Kier molecular flexibility index (Phi) is 8.62. The molecule has 43 heavy (non-hydrogen) atoms. The predicted octanol–water partition coefficient (Wildman–Crippen LogP) is -0.351. The lowest BCUT2D eigenvalue weighted by molar-refractivity contribution is -1.04. The van der Waals surface area contributed by atoms with Gasteiger partial charge in [0.05, 0.1) is 23.6 Å². The Morgan fingerprint density at radius 1 is 1.02 bits per heavy atom. The number of aliphatic hydroxyl groups is 5. The molecule has 1 aromatic carbocycles. The van der Waals surface area contributed by atoms with E-state index in [1.54, 1.807) is 0 Å². The van der Waals surface area contributed by atoms with E-state index in [9.17, 15) is 24.9 Å². The number of rotatable bonds is 10. The van der Waals surface area contributed by atoms with Crippen molar-refractivity contribution in [1.29, 1.82) is 0 Å². The van der Waals surface area contributed by atoms with Crippen LogP contribution >= 0.6 is 0 Å². The lowest BCUT2D eigenvalue weighted by Gasteiger charge is -2.68. The van der Waals surface area contributed by atoms with E-state index >= 15 is 0 Å². The van der Waals surface area contributed by atoms with Crippen molar-refractivity contribution in [3.63, 3.8) is 0 Å². The predicted molar refractivity (Wildman–Crippen MR) is 156 cm³/mol. The lowest BCUT2D eigenvalue weighted by atomic mass is 9.60. The number of likely N-dealkylation sites (N-methyl/N-ethyl adjacent to an activating group) is 2. The van der Waals surface area contributed by atoms with E-state index in [0.717, 1.165) is 32.4 Å². The van der Waals surface area contributed by atoms with Crippen LogP contribution in [0.25, 0.3) is 0 Å². The molecule has 1 saturated carbocycles. The molecule has 13 atom stereocenters. The van der Waals surface area contributed by atoms with Gasteiger partial charge in [-0.25, -0.2) is 9.59 Å². The number of nitrogens with zero attached hydrogens (tertiary/aromatic N) is 3. The fourth-order valence-electron chi connectivity index (χ4n) is 10.2. The van der Waals surface area contributed by atoms with Crippen molar-refractivity contribution >= 4 is 17.6 Å². The number of carboxylic acid groups (broad SMARTS) is 2. The van der Waals surface area contributed by atoms with Gasteiger partial charge >= 0.3 is 11.9 Å². The molecule has 1 spiro atoms. The highest BCUT2D eigenvalue weighted by Gasteiger charge is 2.83. The molecule has 4 unspecified atom stereocenters. The van der Waals surface area contributed by atoms with Crippen molar-refractivity contribution in [3.8, 4) is 0 Å². The first-order valence-electron chi connectivity index (χ1n) is 15.6. The van der Waals surface area contributed by atoms with Crippen molar-refractivity contribution in [2.75, 3.05) is 38.1 Å². The highest BCUT2D eigenvalue weighted by Crippen LogP contribution is 2.71. The zero-order valence-electron chi connectivity index (χ0n) is 25.4. The molecule has 6 aliphatic rings. The zero-order chi connectivity index (χ0) is 31.6. The van der Waals surface area contributed by atoms with Gasteiger partial charge in [0.2, 0.25) is 0 Å². The molecule has 0 radical (unpaired) electrons. The average Bonchev–Trinajstić information content (AvgIpc) is 3.37. The van der Waals surface area contributed by atoms with Crippen LogP contribution in [0.5, 0.6) is 0 Å². The summed E-state index contributed by atoms with van der Waals surface area (Å²) in [5, 5.41) is 68.0. The highest BCUT2D eigenvalue weighted by atomic mass is 16.4. The van der Waals surface area contributed by atoms with Crippen LogP contribution in [0.3, 0.4) is 0 Å². The molecule has 0 aromatic heterocycles. The second kappa shape index (κ2) is 11.6. The number of aliphatic carboxylic acids is 2. The Hall–Kier alpha value is -2.32. The fourth-order valence-corrected chi connectivity index (χ4v) is 10.2. The van der Waals surface area contributed by atoms with Crippen molar-refractivity contribution in [2.24, 2.45) is 17.8 Å². The van der Waals surface area contributed by atoms with E-state index in [4.69, 9.17) is 20.4 Å². The third-order valence-corrected chi connectivity index (χ3v) is 11.8. The van der Waals surface area contributed by atoms with Gasteiger partial charge in [0.1, 0.15) is 18.7 Å². The molecule has 12 nitrogen and oxygen atoms in total. The number of piperidine rings is 4. The number of aliphatic hydroxyl groups excluding tert-OH is 5. The summed E-state index contributed by atoms with van der Waals surface area (Å²) >= 11 is 0. The van der Waals surface area contributed by atoms with Gasteiger partial charge in [0.25, 0.3) is 0 Å². The molecule has 4 saturated heterocycles. The van der Waals surface area contributed by atoms with Crippen molar-refractivity contribution < 1.29 is 49.8 Å². The smallest absolute Gasteiger partial charge is 0.335 e. The summed E-state index contributed by atoms with van der Waals surface area (Å²) < 4.78 is 0.601. The maximum atomic E-state index is 12.1. The van der Waals surface area contributed by atoms with Crippen LogP contribution in [-0.4, -0.2) is 139 Å². The third kappa shape index (κ3) is 4.44. The number of hydrogen-bond acceptors (Lipinski definition) is 9. The van der Waals surface area contributed by atoms with Gasteiger partial charge in [-0.15, -0.1) is 0 Å². The minimum atomic E-state index is -2.27. The van der Waals surface area contributed by atoms with Gasteiger partial charge < -0.3 is 45.5 Å². The van der Waals surface area contributed by atoms with Crippen molar-refractivity contribution in [3.05, 3.63) is 29.8 Å². The highest BCUT2D eigenvalue weighted by molar-refractivity contribution is 5.83. The Morgan fingerprint density at radius 3 is 2.19 bits per heavy atom. The van der Waals surface area contributed by atoms with Crippen LogP contribution in [0, 0.1) is 17.8 Å². The van der Waals surface area contributed by atoms with Gasteiger partial charge in [0, 0.05) is 44.0 Å². The minimum absolute atomic E-state index is 0.171. The minimum Gasteiger partial charge on any atom is -0.479 e. The number of anilines is 1. The molecule has 5 aliphatic heterocycles. The molecule has 1 aliphatic carbocycles. The maximum Gasteiger partial charge on any atom is 0.335 e. The van der Waals surface area contributed by atoms with Crippen LogP contribution in [0.4, 0.5) is 5.69 Å². The standard InChI is InChI=1S/C27H42N3O3.C4H6O6/c1-5-17-18-12-21-24-27(19-10-8-9-11-20(19)28(24)4)13-22(23(18)25(27)32)30(21,26(17)33)15-16(31)14-29(6-2)7-3;5-1(3(7)8)2(6)4(9)10/h8-11,16-18,21-26,31-33H,5-7,12-15H2,1-4H3;1-2,5-6H,(H,7,8)(H,9,10)/q+1;/t16?,17-,18+,21-,22-,23?,24-,25?,26+,27+,30?;1-,2-/m00/s1. The third-order valence-electron chi connectivity index (χ3n) is 11.8. The molecular formula is C31H48N3O9+. The molecule has 1 aromatic rings. The van der Waals surface area contributed by atoms with Crippen molar-refractivity contribution in [2.45, 2.75) is 94.2 Å². The molecular weight excluding hydrogens is 558 g/mol. The molecule has 7 rings (SSSR count).